The molecule has 0 aromatic carbocycles. The molecule has 11 heteroatoms. The summed E-state index contributed by atoms with van der Waals surface area (Å²) in [5, 5.41) is 18.6. The molecule has 1 N–H and O–H groups in total. The van der Waals surface area contributed by atoms with E-state index in [2.05, 4.69) is 25.7 Å². The fourth-order valence-electron chi connectivity index (χ4n) is 4.56. The highest BCUT2D eigenvalue weighted by molar-refractivity contribution is 5.44. The van der Waals surface area contributed by atoms with Crippen molar-refractivity contribution in [3.8, 4) is 0 Å². The summed E-state index contributed by atoms with van der Waals surface area (Å²) in [6.07, 6.45) is 2.51. The molecule has 0 radical (unpaired) electrons. The Kier molecular flexibility index (Phi) is 4.90. The molecule has 164 valence electrons. The lowest BCUT2D eigenvalue weighted by atomic mass is 9.91. The first-order chi connectivity index (χ1) is 14.9. The van der Waals surface area contributed by atoms with Crippen LogP contribution in [0.25, 0.3) is 5.65 Å². The number of nitrogens with one attached hydrogen (secondary N) is 1. The lowest BCUT2D eigenvalue weighted by Crippen LogP contribution is -2.34. The first-order valence-electron chi connectivity index (χ1n) is 10.6. The molecule has 2 aliphatic rings. The maximum Gasteiger partial charge on any atom is 0.453 e. The van der Waals surface area contributed by atoms with E-state index >= 15 is 0 Å². The van der Waals surface area contributed by atoms with E-state index in [4.69, 9.17) is 0 Å². The van der Waals surface area contributed by atoms with Crippen molar-refractivity contribution in [3.05, 3.63) is 45.6 Å². The van der Waals surface area contributed by atoms with E-state index in [1.54, 1.807) is 16.8 Å². The van der Waals surface area contributed by atoms with Gasteiger partial charge in [0.1, 0.15) is 5.82 Å². The summed E-state index contributed by atoms with van der Waals surface area (Å²) < 4.78 is 41.5. The Hall–Kier alpha value is -2.98. The van der Waals surface area contributed by atoms with Gasteiger partial charge >= 0.3 is 6.18 Å². The third kappa shape index (κ3) is 3.88. The van der Waals surface area contributed by atoms with Crippen molar-refractivity contribution in [2.24, 2.45) is 0 Å². The maximum atomic E-state index is 13.1. The Bertz CT molecular complexity index is 1160. The van der Waals surface area contributed by atoms with Crippen LogP contribution in [-0.4, -0.2) is 35.6 Å². The van der Waals surface area contributed by atoms with Crippen molar-refractivity contribution < 1.29 is 13.2 Å². The molecule has 3 aromatic heterocycles. The molecule has 0 aliphatic heterocycles. The van der Waals surface area contributed by atoms with Crippen molar-refractivity contribution in [1.82, 2.24) is 29.6 Å². The monoisotopic (exact) mass is 433 g/mol. The fourth-order valence-corrected chi connectivity index (χ4v) is 4.56. The number of halogens is 3. The molecular formula is C20H22F3N7O. The number of fused-ring (bicyclic) bond motifs is 2. The fraction of sp³-hybridized carbons (Fsp3) is 0.550. The highest BCUT2D eigenvalue weighted by Gasteiger charge is 2.37. The Morgan fingerprint density at radius 2 is 1.77 bits per heavy atom. The molecule has 3 heterocycles. The van der Waals surface area contributed by atoms with E-state index in [1.165, 1.54) is 6.07 Å². The van der Waals surface area contributed by atoms with E-state index in [-0.39, 0.29) is 23.3 Å². The third-order valence-corrected chi connectivity index (χ3v) is 6.14. The predicted molar refractivity (Wildman–Crippen MR) is 106 cm³/mol. The van der Waals surface area contributed by atoms with Crippen LogP contribution in [0.3, 0.4) is 0 Å². The van der Waals surface area contributed by atoms with Crippen LogP contribution in [0.2, 0.25) is 0 Å². The molecule has 0 spiro atoms. The number of hydrogen-bond acceptors (Lipinski definition) is 6. The molecule has 2 aliphatic carbocycles. The van der Waals surface area contributed by atoms with Gasteiger partial charge in [-0.25, -0.2) is 4.68 Å². The maximum absolute atomic E-state index is 13.1. The van der Waals surface area contributed by atoms with Gasteiger partial charge in [0.15, 0.2) is 5.65 Å². The molecule has 0 unspecified atom stereocenters. The van der Waals surface area contributed by atoms with E-state index in [0.717, 1.165) is 62.6 Å². The van der Waals surface area contributed by atoms with E-state index in [9.17, 15) is 18.0 Å². The van der Waals surface area contributed by atoms with Gasteiger partial charge in [-0.15, -0.1) is 15.3 Å². The lowest BCUT2D eigenvalue weighted by molar-refractivity contribution is -0.146. The standard InChI is InChI=1S/C20H22F3N7O/c21-20(22,23)19-26-25-17-10-9-16(28-30(17)19)24-13-5-7-14(8-6-13)29-18(31)11-12-3-1-2-4-15(12)27-29/h9-11,13-14H,1-8H2,(H,24,28). The molecule has 0 atom stereocenters. The van der Waals surface area contributed by atoms with Crippen molar-refractivity contribution in [3.63, 3.8) is 0 Å². The van der Waals surface area contributed by atoms with Crippen molar-refractivity contribution >= 4 is 11.5 Å². The Balaban J connectivity index is 1.28. The van der Waals surface area contributed by atoms with Crippen LogP contribution in [0.1, 0.15) is 61.6 Å². The first-order valence-corrected chi connectivity index (χ1v) is 10.6. The van der Waals surface area contributed by atoms with E-state index in [0.29, 0.717) is 10.3 Å². The van der Waals surface area contributed by atoms with Crippen molar-refractivity contribution in [2.45, 2.75) is 69.6 Å². The smallest absolute Gasteiger partial charge is 0.366 e. The quantitative estimate of drug-likeness (QED) is 0.683. The van der Waals surface area contributed by atoms with Crippen LogP contribution < -0.4 is 10.9 Å². The summed E-state index contributed by atoms with van der Waals surface area (Å²) in [5.74, 6) is -0.807. The molecule has 3 aromatic rings. The van der Waals surface area contributed by atoms with Gasteiger partial charge in [-0.1, -0.05) is 0 Å². The summed E-state index contributed by atoms with van der Waals surface area (Å²) in [4.78, 5) is 12.5. The van der Waals surface area contributed by atoms with Crippen LogP contribution >= 0.6 is 0 Å². The van der Waals surface area contributed by atoms with Gasteiger partial charge in [-0.05, 0) is 69.1 Å². The minimum atomic E-state index is -4.63. The lowest BCUT2D eigenvalue weighted by Gasteiger charge is -2.30. The number of aromatic nitrogens is 6. The second-order valence-corrected chi connectivity index (χ2v) is 8.27. The van der Waals surface area contributed by atoms with Gasteiger partial charge in [0.25, 0.3) is 11.4 Å². The number of aryl methyl sites for hydroxylation is 2. The van der Waals surface area contributed by atoms with Gasteiger partial charge < -0.3 is 5.32 Å². The average Bonchev–Trinajstić information content (AvgIpc) is 3.18. The Labute approximate surface area is 175 Å². The zero-order valence-electron chi connectivity index (χ0n) is 16.8. The second kappa shape index (κ2) is 7.61. The van der Waals surface area contributed by atoms with Gasteiger partial charge in [0.05, 0.1) is 11.7 Å². The molecule has 8 nitrogen and oxygen atoms in total. The molecule has 1 saturated carbocycles. The number of nitrogens with zero attached hydrogens (tertiary/aromatic N) is 6. The molecule has 0 saturated heterocycles. The van der Waals surface area contributed by atoms with Crippen LogP contribution in [0.5, 0.6) is 0 Å². The van der Waals surface area contributed by atoms with E-state index < -0.39 is 12.0 Å². The van der Waals surface area contributed by atoms with Crippen LogP contribution in [0.15, 0.2) is 23.0 Å². The average molecular weight is 433 g/mol. The van der Waals surface area contributed by atoms with Gasteiger partial charge in [-0.3, -0.25) is 4.79 Å². The molecule has 31 heavy (non-hydrogen) atoms. The summed E-state index contributed by atoms with van der Waals surface area (Å²) in [7, 11) is 0. The zero-order valence-corrected chi connectivity index (χ0v) is 16.8. The normalized spacial score (nSPS) is 21.8. The number of rotatable bonds is 3. The first kappa shape index (κ1) is 20.0. The summed E-state index contributed by atoms with van der Waals surface area (Å²) in [5.41, 5.74) is 2.12. The Morgan fingerprint density at radius 1 is 1.00 bits per heavy atom. The molecule has 1 fully saturated rings. The topological polar surface area (TPSA) is 90.0 Å². The minimum absolute atomic E-state index is 0.0412. The second-order valence-electron chi connectivity index (χ2n) is 8.27. The van der Waals surface area contributed by atoms with Crippen LogP contribution in [0, 0.1) is 0 Å². The third-order valence-electron chi connectivity index (χ3n) is 6.14. The van der Waals surface area contributed by atoms with Crippen LogP contribution in [0.4, 0.5) is 19.0 Å². The predicted octanol–water partition coefficient (Wildman–Crippen LogP) is 3.17. The van der Waals surface area contributed by atoms with Crippen molar-refractivity contribution in [2.75, 3.05) is 5.32 Å². The van der Waals surface area contributed by atoms with Crippen LogP contribution in [-0.2, 0) is 19.0 Å². The molecule has 5 rings (SSSR count). The molecular weight excluding hydrogens is 411 g/mol. The number of alkyl halides is 3. The Morgan fingerprint density at radius 3 is 2.55 bits per heavy atom. The number of anilines is 1. The molecule has 0 bridgehead atoms. The summed E-state index contributed by atoms with van der Waals surface area (Å²) >= 11 is 0. The zero-order chi connectivity index (χ0) is 21.6. The van der Waals surface area contributed by atoms with Gasteiger partial charge in [-0.2, -0.15) is 22.8 Å². The van der Waals surface area contributed by atoms with Gasteiger partial charge in [0, 0.05) is 12.1 Å². The minimum Gasteiger partial charge on any atom is -0.366 e. The van der Waals surface area contributed by atoms with Gasteiger partial charge in [0.2, 0.25) is 0 Å². The number of hydrogen-bond donors (Lipinski definition) is 1. The van der Waals surface area contributed by atoms with Crippen molar-refractivity contribution in [1.29, 1.82) is 0 Å². The molecule has 0 amide bonds. The highest BCUT2D eigenvalue weighted by Crippen LogP contribution is 2.30. The summed E-state index contributed by atoms with van der Waals surface area (Å²) in [6, 6.07) is 4.90. The van der Waals surface area contributed by atoms with E-state index in [1.807, 2.05) is 0 Å². The largest absolute Gasteiger partial charge is 0.453 e. The summed E-state index contributed by atoms with van der Waals surface area (Å²) in [6.45, 7) is 0. The SMILES string of the molecule is O=c1cc2c(nn1C1CCC(Nc3ccc4nnc(C(F)(F)F)n4n3)CC1)CCCC2. The highest BCUT2D eigenvalue weighted by atomic mass is 19.4.